The van der Waals surface area contributed by atoms with Gasteiger partial charge in [0, 0.05) is 12.1 Å². The molecule has 9 heteroatoms. The Morgan fingerprint density at radius 3 is 2.71 bits per heavy atom. The van der Waals surface area contributed by atoms with E-state index in [4.69, 9.17) is 10.3 Å². The summed E-state index contributed by atoms with van der Waals surface area (Å²) in [7, 11) is 0. The van der Waals surface area contributed by atoms with E-state index in [0.29, 0.717) is 30.6 Å². The van der Waals surface area contributed by atoms with Gasteiger partial charge in [-0.1, -0.05) is 23.4 Å². The molecule has 0 saturated heterocycles. The Bertz CT molecular complexity index is 998. The molecule has 2 aromatic heterocycles. The van der Waals surface area contributed by atoms with Crippen molar-refractivity contribution in [2.24, 2.45) is 5.73 Å². The molecule has 0 aliphatic carbocycles. The first kappa shape index (κ1) is 19.8. The molecule has 3 N–H and O–H groups in total. The Labute approximate surface area is 158 Å². The number of hydrogen-bond donors (Lipinski definition) is 2. The van der Waals surface area contributed by atoms with Gasteiger partial charge < -0.3 is 15.6 Å². The van der Waals surface area contributed by atoms with Gasteiger partial charge in [-0.3, -0.25) is 4.79 Å². The first-order chi connectivity index (χ1) is 13.3. The van der Waals surface area contributed by atoms with Crippen LogP contribution in [0, 0.1) is 6.92 Å². The van der Waals surface area contributed by atoms with E-state index in [1.54, 1.807) is 6.92 Å². The molecule has 1 aromatic carbocycles. The van der Waals surface area contributed by atoms with Crippen molar-refractivity contribution in [1.29, 1.82) is 0 Å². The summed E-state index contributed by atoms with van der Waals surface area (Å²) < 4.78 is 45.3. The lowest BCUT2D eigenvalue weighted by molar-refractivity contribution is -0.137. The number of alkyl halides is 3. The van der Waals surface area contributed by atoms with Crippen molar-refractivity contribution in [1.82, 2.24) is 15.5 Å². The molecule has 2 heterocycles. The SMILES string of the molecule is Cc1noc2nc(-c3ccccc3C(F)(F)F)cc(C(=O)NCCCCN)c12. The Morgan fingerprint density at radius 1 is 1.25 bits per heavy atom. The third-order valence-corrected chi connectivity index (χ3v) is 4.29. The van der Waals surface area contributed by atoms with E-state index in [9.17, 15) is 18.0 Å². The van der Waals surface area contributed by atoms with Gasteiger partial charge in [0.1, 0.15) is 0 Å². The van der Waals surface area contributed by atoms with Crippen molar-refractivity contribution in [3.05, 3.63) is 47.2 Å². The molecule has 0 bridgehead atoms. The number of hydrogen-bond acceptors (Lipinski definition) is 5. The molecular formula is C19H19F3N4O2. The minimum Gasteiger partial charge on any atom is -0.352 e. The maximum atomic E-state index is 13.4. The summed E-state index contributed by atoms with van der Waals surface area (Å²) in [6.07, 6.45) is -3.11. The number of aryl methyl sites for hydroxylation is 1. The number of unbranched alkanes of at least 4 members (excludes halogenated alkanes) is 1. The predicted octanol–water partition coefficient (Wildman–Crippen LogP) is 3.69. The second-order valence-electron chi connectivity index (χ2n) is 6.30. The maximum absolute atomic E-state index is 13.4. The molecule has 148 valence electrons. The monoisotopic (exact) mass is 392 g/mol. The molecule has 0 fully saturated rings. The molecule has 28 heavy (non-hydrogen) atoms. The van der Waals surface area contributed by atoms with E-state index >= 15 is 0 Å². The van der Waals surface area contributed by atoms with Crippen molar-refractivity contribution in [3.63, 3.8) is 0 Å². The van der Waals surface area contributed by atoms with Crippen LogP contribution in [0.5, 0.6) is 0 Å². The molecule has 3 rings (SSSR count). The standard InChI is InChI=1S/C19H19F3N4O2/c1-11-16-13(17(27)24-9-5-4-8-23)10-15(25-18(16)28-26-11)12-6-2-3-7-14(12)19(20,21)22/h2-3,6-7,10H,4-5,8-9,23H2,1H3,(H,24,27). The predicted molar refractivity (Wildman–Crippen MR) is 97.6 cm³/mol. The number of fused-ring (bicyclic) bond motifs is 1. The number of nitrogens with one attached hydrogen (secondary N) is 1. The highest BCUT2D eigenvalue weighted by atomic mass is 19.4. The number of aromatic nitrogens is 2. The number of nitrogens with two attached hydrogens (primary N) is 1. The number of pyridine rings is 1. The fourth-order valence-corrected chi connectivity index (χ4v) is 2.93. The van der Waals surface area contributed by atoms with Crippen molar-refractivity contribution in [2.45, 2.75) is 25.9 Å². The summed E-state index contributed by atoms with van der Waals surface area (Å²) in [6, 6.07) is 6.40. The van der Waals surface area contributed by atoms with Crippen LogP contribution >= 0.6 is 0 Å². The highest BCUT2D eigenvalue weighted by molar-refractivity contribution is 6.07. The van der Waals surface area contributed by atoms with Crippen LogP contribution in [-0.4, -0.2) is 29.1 Å². The average molecular weight is 392 g/mol. The quantitative estimate of drug-likeness (QED) is 0.624. The minimum atomic E-state index is -4.56. The van der Waals surface area contributed by atoms with E-state index in [1.807, 2.05) is 0 Å². The van der Waals surface area contributed by atoms with E-state index in [1.165, 1.54) is 24.3 Å². The third kappa shape index (κ3) is 3.99. The zero-order valence-corrected chi connectivity index (χ0v) is 15.1. The highest BCUT2D eigenvalue weighted by Gasteiger charge is 2.34. The van der Waals surface area contributed by atoms with Gasteiger partial charge in [0.2, 0.25) is 0 Å². The lowest BCUT2D eigenvalue weighted by atomic mass is 10.0. The summed E-state index contributed by atoms with van der Waals surface area (Å²) in [5.74, 6) is -0.429. The van der Waals surface area contributed by atoms with Crippen molar-refractivity contribution >= 4 is 17.0 Å². The topological polar surface area (TPSA) is 94.0 Å². The number of nitrogens with zero attached hydrogens (tertiary/aromatic N) is 2. The zero-order chi connectivity index (χ0) is 20.3. The van der Waals surface area contributed by atoms with Crippen LogP contribution in [-0.2, 0) is 6.18 Å². The largest absolute Gasteiger partial charge is 0.417 e. The van der Waals surface area contributed by atoms with Crippen molar-refractivity contribution in [3.8, 4) is 11.3 Å². The van der Waals surface area contributed by atoms with Gasteiger partial charge in [0.15, 0.2) is 0 Å². The number of benzene rings is 1. The first-order valence-electron chi connectivity index (χ1n) is 8.75. The van der Waals surface area contributed by atoms with Crippen molar-refractivity contribution < 1.29 is 22.5 Å². The van der Waals surface area contributed by atoms with E-state index in [0.717, 1.165) is 12.5 Å². The number of amides is 1. The van der Waals surface area contributed by atoms with Crippen molar-refractivity contribution in [2.75, 3.05) is 13.1 Å². The maximum Gasteiger partial charge on any atom is 0.417 e. The third-order valence-electron chi connectivity index (χ3n) is 4.29. The van der Waals surface area contributed by atoms with E-state index in [2.05, 4.69) is 15.5 Å². The molecule has 6 nitrogen and oxygen atoms in total. The Kier molecular flexibility index (Phi) is 5.64. The smallest absolute Gasteiger partial charge is 0.352 e. The lowest BCUT2D eigenvalue weighted by Crippen LogP contribution is -2.25. The molecule has 0 radical (unpaired) electrons. The molecule has 1 amide bonds. The van der Waals surface area contributed by atoms with Crippen LogP contribution in [0.1, 0.15) is 34.5 Å². The number of carbonyl (C=O) groups excluding carboxylic acids is 1. The number of carbonyl (C=O) groups is 1. The van der Waals surface area contributed by atoms with E-state index in [-0.39, 0.29) is 22.5 Å². The van der Waals surface area contributed by atoms with Crippen LogP contribution < -0.4 is 11.1 Å². The van der Waals surface area contributed by atoms with Crippen LogP contribution in [0.3, 0.4) is 0 Å². The Hall–Kier alpha value is -2.94. The van der Waals surface area contributed by atoms with Gasteiger partial charge in [-0.15, -0.1) is 0 Å². The number of halogens is 3. The molecule has 0 aliphatic rings. The molecule has 3 aromatic rings. The Morgan fingerprint density at radius 2 is 2.00 bits per heavy atom. The summed E-state index contributed by atoms with van der Waals surface area (Å²) in [5, 5.41) is 6.93. The lowest BCUT2D eigenvalue weighted by Gasteiger charge is -2.13. The fourth-order valence-electron chi connectivity index (χ4n) is 2.93. The van der Waals surface area contributed by atoms with Crippen LogP contribution in [0.25, 0.3) is 22.4 Å². The molecule has 0 aliphatic heterocycles. The fraction of sp³-hybridized carbons (Fsp3) is 0.316. The van der Waals surface area contributed by atoms with Crippen LogP contribution in [0.4, 0.5) is 13.2 Å². The molecule has 0 spiro atoms. The van der Waals surface area contributed by atoms with E-state index < -0.39 is 17.6 Å². The zero-order valence-electron chi connectivity index (χ0n) is 15.1. The van der Waals surface area contributed by atoms with Crippen LogP contribution in [0.2, 0.25) is 0 Å². The molecule has 0 atom stereocenters. The summed E-state index contributed by atoms with van der Waals surface area (Å²) >= 11 is 0. The normalized spacial score (nSPS) is 11.8. The summed E-state index contributed by atoms with van der Waals surface area (Å²) in [4.78, 5) is 16.8. The molecular weight excluding hydrogens is 373 g/mol. The van der Waals surface area contributed by atoms with Gasteiger partial charge in [0.05, 0.1) is 27.9 Å². The first-order valence-corrected chi connectivity index (χ1v) is 8.75. The van der Waals surface area contributed by atoms with Gasteiger partial charge in [-0.2, -0.15) is 13.2 Å². The van der Waals surface area contributed by atoms with Crippen LogP contribution in [0.15, 0.2) is 34.9 Å². The summed E-state index contributed by atoms with van der Waals surface area (Å²) in [6.45, 7) is 2.55. The van der Waals surface area contributed by atoms with Gasteiger partial charge in [-0.05, 0) is 38.4 Å². The number of rotatable bonds is 6. The highest BCUT2D eigenvalue weighted by Crippen LogP contribution is 2.37. The molecule has 0 saturated carbocycles. The molecule has 0 unspecified atom stereocenters. The average Bonchev–Trinajstić information content (AvgIpc) is 3.04. The second kappa shape index (κ2) is 7.97. The van der Waals surface area contributed by atoms with Gasteiger partial charge >= 0.3 is 6.18 Å². The Balaban J connectivity index is 2.09. The second-order valence-corrected chi connectivity index (χ2v) is 6.30. The van der Waals surface area contributed by atoms with Gasteiger partial charge in [-0.25, -0.2) is 4.98 Å². The summed E-state index contributed by atoms with van der Waals surface area (Å²) in [5.41, 5.74) is 5.07. The van der Waals surface area contributed by atoms with Gasteiger partial charge in [0.25, 0.3) is 11.6 Å². The minimum absolute atomic E-state index is 0.0105.